The van der Waals surface area contributed by atoms with Crippen molar-refractivity contribution in [3.05, 3.63) is 60.3 Å². The molecular weight excluding hydrogens is 288 g/mol. The van der Waals surface area contributed by atoms with Gasteiger partial charge in [-0.1, -0.05) is 36.4 Å². The summed E-state index contributed by atoms with van der Waals surface area (Å²) in [6, 6.07) is 16.0. The molecule has 5 nitrogen and oxygen atoms in total. The predicted octanol–water partition coefficient (Wildman–Crippen LogP) is 2.52. The molecule has 2 amide bonds. The van der Waals surface area contributed by atoms with Crippen LogP contribution in [-0.4, -0.2) is 30.6 Å². The summed E-state index contributed by atoms with van der Waals surface area (Å²) in [4.78, 5) is 16.1. The first-order chi connectivity index (χ1) is 11.3. The average molecular weight is 310 g/mol. The minimum absolute atomic E-state index is 0.116. The first-order valence-corrected chi connectivity index (χ1v) is 8.01. The lowest BCUT2D eigenvalue weighted by molar-refractivity contribution is 0.240. The van der Waals surface area contributed by atoms with Crippen LogP contribution in [-0.2, 0) is 5.41 Å². The van der Waals surface area contributed by atoms with E-state index in [1.165, 1.54) is 5.56 Å². The van der Waals surface area contributed by atoms with Gasteiger partial charge in [-0.25, -0.2) is 9.78 Å². The maximum Gasteiger partial charge on any atom is 0.314 e. The number of rotatable bonds is 7. The van der Waals surface area contributed by atoms with Crippen LogP contribution in [0.5, 0.6) is 0 Å². The topological polar surface area (TPSA) is 66.0 Å². The molecule has 5 heteroatoms. The van der Waals surface area contributed by atoms with E-state index in [1.54, 1.807) is 6.20 Å². The van der Waals surface area contributed by atoms with E-state index in [0.717, 1.165) is 18.7 Å². The van der Waals surface area contributed by atoms with Gasteiger partial charge in [0.1, 0.15) is 5.82 Å². The third-order valence-electron chi connectivity index (χ3n) is 4.21. The van der Waals surface area contributed by atoms with Crippen LogP contribution in [0.25, 0.3) is 0 Å². The van der Waals surface area contributed by atoms with E-state index in [2.05, 4.69) is 45.2 Å². The quantitative estimate of drug-likeness (QED) is 0.689. The summed E-state index contributed by atoms with van der Waals surface area (Å²) in [6.45, 7) is 1.89. The van der Waals surface area contributed by atoms with Gasteiger partial charge in [-0.2, -0.15) is 0 Å². The zero-order chi connectivity index (χ0) is 16.0. The minimum atomic E-state index is -0.116. The van der Waals surface area contributed by atoms with Crippen molar-refractivity contribution in [2.45, 2.75) is 18.3 Å². The van der Waals surface area contributed by atoms with Gasteiger partial charge in [0.15, 0.2) is 0 Å². The van der Waals surface area contributed by atoms with Gasteiger partial charge in [-0.15, -0.1) is 0 Å². The van der Waals surface area contributed by atoms with Crippen LogP contribution in [0.1, 0.15) is 18.4 Å². The summed E-state index contributed by atoms with van der Waals surface area (Å²) in [5, 5.41) is 9.01. The summed E-state index contributed by atoms with van der Waals surface area (Å²) in [5.41, 5.74) is 1.46. The third-order valence-corrected chi connectivity index (χ3v) is 4.21. The highest BCUT2D eigenvalue weighted by Crippen LogP contribution is 2.47. The van der Waals surface area contributed by atoms with Crippen LogP contribution in [0.4, 0.5) is 10.6 Å². The molecule has 1 aliphatic carbocycles. The van der Waals surface area contributed by atoms with Crippen molar-refractivity contribution < 1.29 is 4.79 Å². The van der Waals surface area contributed by atoms with E-state index in [0.29, 0.717) is 19.6 Å². The van der Waals surface area contributed by atoms with Crippen molar-refractivity contribution in [3.8, 4) is 0 Å². The number of aromatic nitrogens is 1. The molecule has 3 rings (SSSR count). The van der Waals surface area contributed by atoms with Crippen molar-refractivity contribution in [3.63, 3.8) is 0 Å². The maximum absolute atomic E-state index is 11.9. The number of pyridine rings is 1. The molecular formula is C18H22N4O. The number of urea groups is 1. The Hall–Kier alpha value is -2.56. The van der Waals surface area contributed by atoms with E-state index in [1.807, 2.05) is 24.3 Å². The summed E-state index contributed by atoms with van der Waals surface area (Å²) in [5.74, 6) is 0.815. The molecule has 23 heavy (non-hydrogen) atoms. The number of benzene rings is 1. The minimum Gasteiger partial charge on any atom is -0.368 e. The van der Waals surface area contributed by atoms with E-state index in [4.69, 9.17) is 0 Å². The standard InChI is InChI=1S/C18H22N4O/c23-17(21-13-12-20-16-8-4-5-11-19-16)22-14-18(9-10-18)15-6-2-1-3-7-15/h1-8,11H,9-10,12-14H2,(H,19,20)(H2,21,22,23). The third kappa shape index (κ3) is 4.22. The molecule has 0 bridgehead atoms. The van der Waals surface area contributed by atoms with Crippen molar-refractivity contribution in [2.75, 3.05) is 25.0 Å². The van der Waals surface area contributed by atoms with Crippen molar-refractivity contribution in [1.29, 1.82) is 0 Å². The Morgan fingerprint density at radius 1 is 1.00 bits per heavy atom. The number of amides is 2. The lowest BCUT2D eigenvalue weighted by Crippen LogP contribution is -2.41. The highest BCUT2D eigenvalue weighted by atomic mass is 16.2. The number of anilines is 1. The molecule has 2 aromatic rings. The van der Waals surface area contributed by atoms with Crippen molar-refractivity contribution >= 4 is 11.8 Å². The van der Waals surface area contributed by atoms with Crippen LogP contribution in [0.15, 0.2) is 54.7 Å². The van der Waals surface area contributed by atoms with Crippen LogP contribution in [0.3, 0.4) is 0 Å². The Morgan fingerprint density at radius 2 is 1.78 bits per heavy atom. The number of carbonyl (C=O) groups is 1. The summed E-state index contributed by atoms with van der Waals surface area (Å²) in [6.07, 6.45) is 4.01. The summed E-state index contributed by atoms with van der Waals surface area (Å²) < 4.78 is 0. The Labute approximate surface area is 136 Å². The molecule has 1 fully saturated rings. The molecule has 0 atom stereocenters. The summed E-state index contributed by atoms with van der Waals surface area (Å²) >= 11 is 0. The fourth-order valence-electron chi connectivity index (χ4n) is 2.66. The first-order valence-electron chi connectivity index (χ1n) is 8.01. The van der Waals surface area contributed by atoms with E-state index in [-0.39, 0.29) is 11.4 Å². The van der Waals surface area contributed by atoms with Gasteiger partial charge >= 0.3 is 6.03 Å². The van der Waals surface area contributed by atoms with Gasteiger partial charge in [0.2, 0.25) is 0 Å². The van der Waals surface area contributed by atoms with Crippen LogP contribution in [0, 0.1) is 0 Å². The van der Waals surface area contributed by atoms with Crippen molar-refractivity contribution in [2.24, 2.45) is 0 Å². The lowest BCUT2D eigenvalue weighted by atomic mass is 9.96. The fraction of sp³-hybridized carbons (Fsp3) is 0.333. The number of hydrogen-bond donors (Lipinski definition) is 3. The molecule has 1 aromatic carbocycles. The Morgan fingerprint density at radius 3 is 2.48 bits per heavy atom. The van der Waals surface area contributed by atoms with E-state index in [9.17, 15) is 4.79 Å². The smallest absolute Gasteiger partial charge is 0.314 e. The molecule has 120 valence electrons. The van der Waals surface area contributed by atoms with Crippen LogP contribution >= 0.6 is 0 Å². The second-order valence-corrected chi connectivity index (χ2v) is 5.90. The Balaban J connectivity index is 1.36. The summed E-state index contributed by atoms with van der Waals surface area (Å²) in [7, 11) is 0. The highest BCUT2D eigenvalue weighted by molar-refractivity contribution is 5.74. The highest BCUT2D eigenvalue weighted by Gasteiger charge is 2.44. The second-order valence-electron chi connectivity index (χ2n) is 5.90. The maximum atomic E-state index is 11.9. The van der Waals surface area contributed by atoms with Gasteiger partial charge in [-0.3, -0.25) is 0 Å². The van der Waals surface area contributed by atoms with Crippen molar-refractivity contribution in [1.82, 2.24) is 15.6 Å². The molecule has 0 spiro atoms. The molecule has 1 aromatic heterocycles. The van der Waals surface area contributed by atoms with Gasteiger partial charge in [0.05, 0.1) is 0 Å². The van der Waals surface area contributed by atoms with Gasteiger partial charge < -0.3 is 16.0 Å². The van der Waals surface area contributed by atoms with Crippen LogP contribution in [0.2, 0.25) is 0 Å². The molecule has 0 radical (unpaired) electrons. The number of hydrogen-bond acceptors (Lipinski definition) is 3. The zero-order valence-electron chi connectivity index (χ0n) is 13.1. The van der Waals surface area contributed by atoms with Gasteiger partial charge in [0.25, 0.3) is 0 Å². The molecule has 1 saturated carbocycles. The number of nitrogens with zero attached hydrogens (tertiary/aromatic N) is 1. The Bertz CT molecular complexity index is 626. The zero-order valence-corrected chi connectivity index (χ0v) is 13.1. The van der Waals surface area contributed by atoms with E-state index >= 15 is 0 Å². The lowest BCUT2D eigenvalue weighted by Gasteiger charge is -2.17. The fourth-order valence-corrected chi connectivity index (χ4v) is 2.66. The molecule has 0 saturated heterocycles. The number of nitrogens with one attached hydrogen (secondary N) is 3. The average Bonchev–Trinajstić information content (AvgIpc) is 3.40. The van der Waals surface area contributed by atoms with Crippen LogP contribution < -0.4 is 16.0 Å². The molecule has 0 unspecified atom stereocenters. The van der Waals surface area contributed by atoms with Gasteiger partial charge in [-0.05, 0) is 30.5 Å². The number of carbonyl (C=O) groups excluding carboxylic acids is 1. The monoisotopic (exact) mass is 310 g/mol. The molecule has 3 N–H and O–H groups in total. The first kappa shape index (κ1) is 15.3. The van der Waals surface area contributed by atoms with E-state index < -0.39 is 0 Å². The SMILES string of the molecule is O=C(NCCNc1ccccn1)NCC1(c2ccccc2)CC1. The van der Waals surface area contributed by atoms with Gasteiger partial charge in [0, 0.05) is 31.2 Å². The predicted molar refractivity (Wildman–Crippen MR) is 91.5 cm³/mol. The normalized spacial score (nSPS) is 14.8. The molecule has 0 aliphatic heterocycles. The largest absolute Gasteiger partial charge is 0.368 e. The second kappa shape index (κ2) is 7.13. The molecule has 1 aliphatic rings. The Kier molecular flexibility index (Phi) is 4.76. The molecule has 1 heterocycles.